The second-order valence-corrected chi connectivity index (χ2v) is 4.70. The normalized spacial score (nSPS) is 26.6. The molecule has 1 rings (SSSR count). The number of hydrogen-bond donors (Lipinski definition) is 1. The Kier molecular flexibility index (Phi) is 2.72. The van der Waals surface area contributed by atoms with Gasteiger partial charge in [-0.1, -0.05) is 13.8 Å². The summed E-state index contributed by atoms with van der Waals surface area (Å²) in [5, 5.41) is 8.95. The van der Waals surface area contributed by atoms with E-state index in [2.05, 4.69) is 0 Å². The average Bonchev–Trinajstić information content (AvgIpc) is 1.98. The smallest absolute Gasteiger partial charge is 0.170 e. The zero-order chi connectivity index (χ0) is 11.1. The lowest BCUT2D eigenvalue weighted by Gasteiger charge is -2.33. The van der Waals surface area contributed by atoms with Crippen LogP contribution < -0.4 is 0 Å². The molecule has 0 unspecified atom stereocenters. The minimum Gasteiger partial charge on any atom is -0.510 e. The third-order valence-corrected chi connectivity index (χ3v) is 3.23. The van der Waals surface area contributed by atoms with Crippen LogP contribution in [0.3, 0.4) is 0 Å². The van der Waals surface area contributed by atoms with Gasteiger partial charge < -0.3 is 5.11 Å². The number of aliphatic hydroxyl groups is 1. The van der Waals surface area contributed by atoms with Crippen molar-refractivity contribution in [3.63, 3.8) is 0 Å². The summed E-state index contributed by atoms with van der Waals surface area (Å²) in [6.07, 6.45) is 0.195. The first-order chi connectivity index (χ1) is 6.27. The van der Waals surface area contributed by atoms with Crippen molar-refractivity contribution in [2.45, 2.75) is 32.6 Å². The first-order valence-corrected chi connectivity index (χ1v) is 4.82. The number of aliphatic hydroxyl groups excluding tert-OH is 1. The molecule has 0 spiro atoms. The fourth-order valence-corrected chi connectivity index (χ4v) is 1.79. The van der Waals surface area contributed by atoms with Crippen molar-refractivity contribution in [3.8, 4) is 0 Å². The van der Waals surface area contributed by atoms with Gasteiger partial charge >= 0.3 is 0 Å². The van der Waals surface area contributed by atoms with Gasteiger partial charge in [-0.15, -0.1) is 11.6 Å². The van der Waals surface area contributed by atoms with Crippen LogP contribution in [0.2, 0.25) is 0 Å². The van der Waals surface area contributed by atoms with Gasteiger partial charge in [-0.05, 0) is 12.3 Å². The Hall–Kier alpha value is -0.830. The Balaban J connectivity index is 3.24. The number of alkyl halides is 1. The summed E-state index contributed by atoms with van der Waals surface area (Å²) < 4.78 is 0. The lowest BCUT2D eigenvalue weighted by molar-refractivity contribution is -0.122. The van der Waals surface area contributed by atoms with Crippen molar-refractivity contribution in [1.29, 1.82) is 0 Å². The lowest BCUT2D eigenvalue weighted by atomic mass is 9.75. The Labute approximate surface area is 87.7 Å². The highest BCUT2D eigenvalue weighted by molar-refractivity contribution is 6.27. The number of allylic oxidation sites excluding steroid dienone is 2. The number of carbonyl (C=O) groups excluding carboxylic acids is 2. The van der Waals surface area contributed by atoms with E-state index in [1.54, 1.807) is 13.8 Å². The van der Waals surface area contributed by atoms with Gasteiger partial charge in [-0.25, -0.2) is 0 Å². The molecule has 0 saturated heterocycles. The molecule has 0 heterocycles. The van der Waals surface area contributed by atoms with E-state index in [0.717, 1.165) is 0 Å². The molecule has 1 aliphatic rings. The molecule has 0 aliphatic heterocycles. The molecule has 1 N–H and O–H groups in total. The predicted octanol–water partition coefficient (Wildman–Crippen LogP) is 1.99. The summed E-state index contributed by atoms with van der Waals surface area (Å²) >= 11 is 5.95. The maximum atomic E-state index is 11.5. The number of ketones is 2. The molecule has 1 aliphatic carbocycles. The summed E-state index contributed by atoms with van der Waals surface area (Å²) in [6.45, 7) is 4.83. The minimum absolute atomic E-state index is 0.135. The van der Waals surface area contributed by atoms with Crippen molar-refractivity contribution >= 4 is 23.2 Å². The molecule has 14 heavy (non-hydrogen) atoms. The van der Waals surface area contributed by atoms with Crippen LogP contribution in [0.5, 0.6) is 0 Å². The molecule has 1 atom stereocenters. The summed E-state index contributed by atoms with van der Waals surface area (Å²) in [5.41, 5.74) is -0.633. The van der Waals surface area contributed by atoms with Crippen LogP contribution >= 0.6 is 11.6 Å². The van der Waals surface area contributed by atoms with Gasteiger partial charge in [0.05, 0.1) is 11.0 Å². The van der Waals surface area contributed by atoms with E-state index in [1.165, 1.54) is 6.92 Å². The largest absolute Gasteiger partial charge is 0.510 e. The molecule has 78 valence electrons. The molecular weight excluding hydrogens is 204 g/mol. The molecule has 0 amide bonds. The van der Waals surface area contributed by atoms with Crippen molar-refractivity contribution < 1.29 is 14.7 Å². The maximum absolute atomic E-state index is 11.5. The fourth-order valence-electron chi connectivity index (χ4n) is 1.61. The predicted molar refractivity (Wildman–Crippen MR) is 53.4 cm³/mol. The van der Waals surface area contributed by atoms with E-state index < -0.39 is 16.6 Å². The zero-order valence-corrected chi connectivity index (χ0v) is 9.18. The number of hydrogen-bond acceptors (Lipinski definition) is 3. The molecule has 0 aromatic heterocycles. The highest BCUT2D eigenvalue weighted by Crippen LogP contribution is 2.39. The van der Waals surface area contributed by atoms with Gasteiger partial charge in [0.2, 0.25) is 0 Å². The molecule has 0 radical (unpaired) electrons. The van der Waals surface area contributed by atoms with Crippen LogP contribution in [-0.2, 0) is 9.59 Å². The van der Waals surface area contributed by atoms with E-state index >= 15 is 0 Å². The van der Waals surface area contributed by atoms with Gasteiger partial charge in [-0.3, -0.25) is 9.59 Å². The number of halogens is 1. The van der Waals surface area contributed by atoms with E-state index in [-0.39, 0.29) is 23.5 Å². The second-order valence-electron chi connectivity index (χ2n) is 4.27. The van der Waals surface area contributed by atoms with Gasteiger partial charge in [0.1, 0.15) is 5.76 Å². The quantitative estimate of drug-likeness (QED) is 0.539. The molecule has 0 aromatic rings. The van der Waals surface area contributed by atoms with Gasteiger partial charge in [0, 0.05) is 6.42 Å². The molecule has 4 heteroatoms. The van der Waals surface area contributed by atoms with Gasteiger partial charge in [0.15, 0.2) is 11.6 Å². The molecule has 0 bridgehead atoms. The van der Waals surface area contributed by atoms with E-state index in [9.17, 15) is 14.7 Å². The maximum Gasteiger partial charge on any atom is 0.170 e. The molecule has 3 nitrogen and oxygen atoms in total. The third-order valence-electron chi connectivity index (χ3n) is 2.43. The number of rotatable bonds is 1. The molecular formula is C10H13ClO3. The summed E-state index contributed by atoms with van der Waals surface area (Å²) in [5.74, 6) is -1.02. The SMILES string of the molecule is CC(=O)C1=C(O)[C@H](Cl)C(C)(C)CC1=O. The van der Waals surface area contributed by atoms with Crippen molar-refractivity contribution in [1.82, 2.24) is 0 Å². The Morgan fingerprint density at radius 2 is 2.07 bits per heavy atom. The highest BCUT2D eigenvalue weighted by Gasteiger charge is 2.42. The standard InChI is InChI=1S/C10H13ClO3/c1-5(12)7-6(13)4-10(2,3)9(11)8(7)14/h9,14H,4H2,1-3H3/t9-/m0/s1. The van der Waals surface area contributed by atoms with Crippen molar-refractivity contribution in [2.75, 3.05) is 0 Å². The number of carbonyl (C=O) groups is 2. The average molecular weight is 217 g/mol. The molecule has 0 aromatic carbocycles. The van der Waals surface area contributed by atoms with Crippen LogP contribution in [0, 0.1) is 5.41 Å². The monoisotopic (exact) mass is 216 g/mol. The zero-order valence-electron chi connectivity index (χ0n) is 8.43. The Morgan fingerprint density at radius 1 is 1.57 bits per heavy atom. The first kappa shape index (κ1) is 11.2. The van der Waals surface area contributed by atoms with Crippen molar-refractivity contribution in [3.05, 3.63) is 11.3 Å². The van der Waals surface area contributed by atoms with Gasteiger partial charge in [0.25, 0.3) is 0 Å². The summed E-state index contributed by atoms with van der Waals surface area (Å²) in [4.78, 5) is 22.6. The summed E-state index contributed by atoms with van der Waals surface area (Å²) in [6, 6.07) is 0. The van der Waals surface area contributed by atoms with Gasteiger partial charge in [-0.2, -0.15) is 0 Å². The third kappa shape index (κ3) is 1.69. The minimum atomic E-state index is -0.668. The van der Waals surface area contributed by atoms with E-state index in [4.69, 9.17) is 11.6 Å². The van der Waals surface area contributed by atoms with E-state index in [0.29, 0.717) is 0 Å². The van der Waals surface area contributed by atoms with Crippen molar-refractivity contribution in [2.24, 2.45) is 5.41 Å². The van der Waals surface area contributed by atoms with Crippen LogP contribution in [0.15, 0.2) is 11.3 Å². The Bertz CT molecular complexity index is 328. The molecule has 0 saturated carbocycles. The summed E-state index contributed by atoms with van der Waals surface area (Å²) in [7, 11) is 0. The molecule has 0 fully saturated rings. The van der Waals surface area contributed by atoms with Crippen LogP contribution in [0.25, 0.3) is 0 Å². The van der Waals surface area contributed by atoms with Crippen LogP contribution in [-0.4, -0.2) is 22.1 Å². The fraction of sp³-hybridized carbons (Fsp3) is 0.600. The topological polar surface area (TPSA) is 54.4 Å². The first-order valence-electron chi connectivity index (χ1n) is 4.38. The van der Waals surface area contributed by atoms with Crippen LogP contribution in [0.4, 0.5) is 0 Å². The second kappa shape index (κ2) is 3.39. The lowest BCUT2D eigenvalue weighted by Crippen LogP contribution is -2.37. The Morgan fingerprint density at radius 3 is 2.50 bits per heavy atom. The van der Waals surface area contributed by atoms with Crippen LogP contribution in [0.1, 0.15) is 27.2 Å². The van der Waals surface area contributed by atoms with E-state index in [1.807, 2.05) is 0 Å². The highest BCUT2D eigenvalue weighted by atomic mass is 35.5. The number of Topliss-reactive ketones (excluding diaryl/α,β-unsaturated/α-hetero) is 2.